The maximum Gasteiger partial charge on any atom is 0.0620 e. The van der Waals surface area contributed by atoms with Gasteiger partial charge >= 0.3 is 0 Å². The maximum absolute atomic E-state index is 10.7. The Kier molecular flexibility index (Phi) is 10.7. The molecule has 0 fully saturated rings. The van der Waals surface area contributed by atoms with Gasteiger partial charge in [0.15, 0.2) is 0 Å². The van der Waals surface area contributed by atoms with Crippen molar-refractivity contribution in [2.45, 2.75) is 92.0 Å². The maximum atomic E-state index is 10.7. The summed E-state index contributed by atoms with van der Waals surface area (Å²) >= 11 is 0. The first-order chi connectivity index (χ1) is 11.1. The topological polar surface area (TPSA) is 80.9 Å². The summed E-state index contributed by atoms with van der Waals surface area (Å²) < 4.78 is 0. The van der Waals surface area contributed by atoms with Crippen molar-refractivity contribution in [3.05, 3.63) is 0 Å². The molecule has 0 saturated heterocycles. The van der Waals surface area contributed by atoms with E-state index in [9.17, 15) is 20.4 Å². The van der Waals surface area contributed by atoms with Crippen LogP contribution in [0.25, 0.3) is 0 Å². The van der Waals surface area contributed by atoms with Gasteiger partial charge in [-0.15, -0.1) is 0 Å². The second kappa shape index (κ2) is 10.7. The van der Waals surface area contributed by atoms with Gasteiger partial charge in [-0.2, -0.15) is 0 Å². The quantitative estimate of drug-likeness (QED) is 0.437. The molecular formula is C20H42O4. The minimum Gasteiger partial charge on any atom is -0.396 e. The van der Waals surface area contributed by atoms with Crippen molar-refractivity contribution >= 4 is 0 Å². The van der Waals surface area contributed by atoms with Gasteiger partial charge in [0.1, 0.15) is 0 Å². The minimum absolute atomic E-state index is 0.0733. The van der Waals surface area contributed by atoms with Crippen molar-refractivity contribution < 1.29 is 20.4 Å². The third-order valence-electron chi connectivity index (χ3n) is 6.30. The zero-order chi connectivity index (χ0) is 19.1. The van der Waals surface area contributed by atoms with E-state index in [1.807, 2.05) is 34.6 Å². The van der Waals surface area contributed by atoms with Gasteiger partial charge in [-0.1, -0.05) is 54.4 Å². The Labute approximate surface area is 149 Å². The molecule has 0 aromatic rings. The fraction of sp³-hybridized carbons (Fsp3) is 1.00. The van der Waals surface area contributed by atoms with Crippen molar-refractivity contribution in [2.75, 3.05) is 6.61 Å². The largest absolute Gasteiger partial charge is 0.396 e. The van der Waals surface area contributed by atoms with E-state index in [2.05, 4.69) is 6.92 Å². The van der Waals surface area contributed by atoms with Gasteiger partial charge in [0.05, 0.1) is 17.8 Å². The van der Waals surface area contributed by atoms with E-state index in [4.69, 9.17) is 0 Å². The van der Waals surface area contributed by atoms with Crippen LogP contribution in [0.3, 0.4) is 0 Å². The molecule has 0 rings (SSSR count). The molecule has 0 aliphatic heterocycles. The molecule has 0 heterocycles. The average molecular weight is 347 g/mol. The molecular weight excluding hydrogens is 304 g/mol. The lowest BCUT2D eigenvalue weighted by Gasteiger charge is -2.41. The standard InChI is InChI=1S/C20H42O4/c1-8-13(4)18(22)15(6)16(11-20(7,24)10-3)17(12-21)19(23)14(5)9-2/h13-19,21-24H,8-12H2,1-7H3. The van der Waals surface area contributed by atoms with E-state index < -0.39 is 17.8 Å². The summed E-state index contributed by atoms with van der Waals surface area (Å²) in [6.45, 7) is 13.7. The van der Waals surface area contributed by atoms with Crippen LogP contribution in [-0.4, -0.2) is 44.8 Å². The molecule has 0 aliphatic carbocycles. The van der Waals surface area contributed by atoms with E-state index in [0.29, 0.717) is 12.8 Å². The van der Waals surface area contributed by atoms with Crippen molar-refractivity contribution in [1.82, 2.24) is 0 Å². The van der Waals surface area contributed by atoms with Gasteiger partial charge in [-0.3, -0.25) is 0 Å². The first-order valence-electron chi connectivity index (χ1n) is 9.75. The van der Waals surface area contributed by atoms with Gasteiger partial charge in [-0.25, -0.2) is 0 Å². The summed E-state index contributed by atoms with van der Waals surface area (Å²) in [4.78, 5) is 0. The van der Waals surface area contributed by atoms with Crippen molar-refractivity contribution in [1.29, 1.82) is 0 Å². The number of rotatable bonds is 12. The van der Waals surface area contributed by atoms with Crippen LogP contribution in [0, 0.1) is 29.6 Å². The van der Waals surface area contributed by atoms with Crippen molar-refractivity contribution in [2.24, 2.45) is 29.6 Å². The highest BCUT2D eigenvalue weighted by Gasteiger charge is 2.40. The Morgan fingerprint density at radius 3 is 1.67 bits per heavy atom. The van der Waals surface area contributed by atoms with Crippen LogP contribution in [0.15, 0.2) is 0 Å². The lowest BCUT2D eigenvalue weighted by Crippen LogP contribution is -2.45. The van der Waals surface area contributed by atoms with Crippen LogP contribution in [0.4, 0.5) is 0 Å². The summed E-state index contributed by atoms with van der Waals surface area (Å²) in [5.74, 6) is -0.364. The second-order valence-electron chi connectivity index (χ2n) is 8.18. The molecule has 24 heavy (non-hydrogen) atoms. The highest BCUT2D eigenvalue weighted by molar-refractivity contribution is 4.90. The third-order valence-corrected chi connectivity index (χ3v) is 6.30. The number of hydrogen-bond acceptors (Lipinski definition) is 4. The molecule has 4 N–H and O–H groups in total. The molecule has 8 unspecified atom stereocenters. The summed E-state index contributed by atoms with van der Waals surface area (Å²) in [6, 6.07) is 0. The number of hydrogen-bond donors (Lipinski definition) is 4. The molecule has 0 aromatic heterocycles. The molecule has 0 spiro atoms. The monoisotopic (exact) mass is 346 g/mol. The summed E-state index contributed by atoms with van der Waals surface area (Å²) in [6.07, 6.45) is 1.64. The molecule has 0 bridgehead atoms. The zero-order valence-corrected chi connectivity index (χ0v) is 16.9. The normalized spacial score (nSPS) is 23.6. The molecule has 0 aromatic carbocycles. The molecule has 4 nitrogen and oxygen atoms in total. The predicted molar refractivity (Wildman–Crippen MR) is 99.7 cm³/mol. The van der Waals surface area contributed by atoms with E-state index >= 15 is 0 Å². The van der Waals surface area contributed by atoms with Crippen LogP contribution < -0.4 is 0 Å². The van der Waals surface area contributed by atoms with Crippen LogP contribution in [0.2, 0.25) is 0 Å². The summed E-state index contributed by atoms with van der Waals surface area (Å²) in [5.41, 5.74) is -0.864. The Balaban J connectivity index is 5.58. The van der Waals surface area contributed by atoms with E-state index in [1.165, 1.54) is 0 Å². The van der Waals surface area contributed by atoms with Crippen LogP contribution in [0.5, 0.6) is 0 Å². The van der Waals surface area contributed by atoms with Crippen LogP contribution in [-0.2, 0) is 0 Å². The SMILES string of the molecule is CCC(C)C(O)C(C)C(CC(C)(O)CC)C(CO)C(O)C(C)CC. The summed E-state index contributed by atoms with van der Waals surface area (Å²) in [5, 5.41) is 42.0. The summed E-state index contributed by atoms with van der Waals surface area (Å²) in [7, 11) is 0. The van der Waals surface area contributed by atoms with Gasteiger partial charge in [0.2, 0.25) is 0 Å². The lowest BCUT2D eigenvalue weighted by atomic mass is 9.68. The highest BCUT2D eigenvalue weighted by atomic mass is 16.3. The first kappa shape index (κ1) is 23.8. The van der Waals surface area contributed by atoms with Gasteiger partial charge in [0.25, 0.3) is 0 Å². The Hall–Kier alpha value is -0.160. The Morgan fingerprint density at radius 2 is 1.29 bits per heavy atom. The van der Waals surface area contributed by atoms with E-state index in [0.717, 1.165) is 12.8 Å². The molecule has 0 aliphatic rings. The second-order valence-corrected chi connectivity index (χ2v) is 8.18. The van der Waals surface area contributed by atoms with E-state index in [-0.39, 0.29) is 36.2 Å². The van der Waals surface area contributed by atoms with Crippen LogP contribution in [0.1, 0.15) is 74.1 Å². The van der Waals surface area contributed by atoms with Gasteiger partial charge in [-0.05, 0) is 43.4 Å². The molecule has 0 saturated carbocycles. The van der Waals surface area contributed by atoms with Gasteiger partial charge < -0.3 is 20.4 Å². The first-order valence-corrected chi connectivity index (χ1v) is 9.75. The molecule has 4 heteroatoms. The highest BCUT2D eigenvalue weighted by Crippen LogP contribution is 2.38. The number of aliphatic hydroxyl groups excluding tert-OH is 3. The third kappa shape index (κ3) is 6.62. The average Bonchev–Trinajstić information content (AvgIpc) is 2.58. The van der Waals surface area contributed by atoms with E-state index in [1.54, 1.807) is 6.92 Å². The fourth-order valence-corrected chi connectivity index (χ4v) is 3.55. The molecule has 146 valence electrons. The van der Waals surface area contributed by atoms with Crippen molar-refractivity contribution in [3.8, 4) is 0 Å². The fourth-order valence-electron chi connectivity index (χ4n) is 3.55. The minimum atomic E-state index is -0.864. The molecule has 0 amide bonds. The van der Waals surface area contributed by atoms with Crippen molar-refractivity contribution in [3.63, 3.8) is 0 Å². The molecule has 0 radical (unpaired) electrons. The Morgan fingerprint density at radius 1 is 0.833 bits per heavy atom. The van der Waals surface area contributed by atoms with Crippen LogP contribution >= 0.6 is 0 Å². The lowest BCUT2D eigenvalue weighted by molar-refractivity contribution is -0.0761. The predicted octanol–water partition coefficient (Wildman–Crippen LogP) is 3.21. The zero-order valence-electron chi connectivity index (χ0n) is 16.9. The number of aliphatic hydroxyl groups is 4. The smallest absolute Gasteiger partial charge is 0.0620 e. The molecule has 8 atom stereocenters. The Bertz CT molecular complexity index is 332. The van der Waals surface area contributed by atoms with Gasteiger partial charge in [0, 0.05) is 12.5 Å².